The van der Waals surface area contributed by atoms with E-state index in [0.29, 0.717) is 0 Å². The molecule has 2 rings (SSSR count). The van der Waals surface area contributed by atoms with Crippen LogP contribution in [0.4, 0.5) is 5.69 Å². The van der Waals surface area contributed by atoms with Crippen LogP contribution in [0.2, 0.25) is 0 Å². The summed E-state index contributed by atoms with van der Waals surface area (Å²) in [6, 6.07) is 7.80. The number of rotatable bonds is 4. The Morgan fingerprint density at radius 1 is 1.53 bits per heavy atom. The molecule has 0 bridgehead atoms. The largest absolute Gasteiger partial charge is 0.491 e. The van der Waals surface area contributed by atoms with Gasteiger partial charge < -0.3 is 9.64 Å². The number of amides is 1. The van der Waals surface area contributed by atoms with E-state index >= 15 is 0 Å². The molecule has 1 aromatic carbocycles. The zero-order valence-corrected chi connectivity index (χ0v) is 13.0. The second kappa shape index (κ2) is 6.42. The first-order valence-corrected chi connectivity index (χ1v) is 7.75. The second-order valence-electron chi connectivity index (χ2n) is 4.93. The van der Waals surface area contributed by atoms with E-state index in [0.717, 1.165) is 37.2 Å². The Kier molecular flexibility index (Phi) is 4.86. The Hall–Kier alpha value is -1.03. The van der Waals surface area contributed by atoms with Gasteiger partial charge in [0.05, 0.1) is 10.9 Å². The Bertz CT molecular complexity index is 450. The average Bonchev–Trinajstić information content (AvgIpc) is 2.42. The maximum atomic E-state index is 12.2. The van der Waals surface area contributed by atoms with Gasteiger partial charge in [0.25, 0.3) is 0 Å². The highest BCUT2D eigenvalue weighted by atomic mass is 79.9. The van der Waals surface area contributed by atoms with E-state index in [1.54, 1.807) is 0 Å². The molecular formula is C15H20BrNO2. The minimum atomic E-state index is -0.0552. The van der Waals surface area contributed by atoms with Crippen LogP contribution >= 0.6 is 15.9 Å². The molecule has 0 aliphatic carbocycles. The van der Waals surface area contributed by atoms with Crippen LogP contribution in [0.1, 0.15) is 33.1 Å². The fraction of sp³-hybridized carbons (Fsp3) is 0.533. The van der Waals surface area contributed by atoms with E-state index in [1.165, 1.54) is 0 Å². The first-order valence-electron chi connectivity index (χ1n) is 6.84. The Morgan fingerprint density at radius 2 is 2.32 bits per heavy atom. The number of halogens is 1. The highest BCUT2D eigenvalue weighted by molar-refractivity contribution is 9.10. The average molecular weight is 326 g/mol. The van der Waals surface area contributed by atoms with E-state index in [1.807, 2.05) is 36.1 Å². The number of carbonyl (C=O) groups is 1. The van der Waals surface area contributed by atoms with E-state index in [4.69, 9.17) is 4.74 Å². The van der Waals surface area contributed by atoms with Crippen LogP contribution in [0.25, 0.3) is 0 Å². The Balaban J connectivity index is 2.16. The molecule has 1 heterocycles. The first kappa shape index (κ1) is 14.4. The fourth-order valence-electron chi connectivity index (χ4n) is 2.13. The van der Waals surface area contributed by atoms with E-state index < -0.39 is 0 Å². The predicted octanol–water partition coefficient (Wildman–Crippen LogP) is 3.75. The molecule has 0 spiro atoms. The molecule has 0 saturated carbocycles. The third-order valence-corrected chi connectivity index (χ3v) is 4.26. The van der Waals surface area contributed by atoms with Crippen LogP contribution < -0.4 is 9.64 Å². The molecule has 1 amide bonds. The van der Waals surface area contributed by atoms with Crippen molar-refractivity contribution < 1.29 is 9.53 Å². The quantitative estimate of drug-likeness (QED) is 0.789. The van der Waals surface area contributed by atoms with E-state index in [-0.39, 0.29) is 16.8 Å². The minimum Gasteiger partial charge on any atom is -0.491 e. The van der Waals surface area contributed by atoms with Gasteiger partial charge in [-0.15, -0.1) is 0 Å². The summed E-state index contributed by atoms with van der Waals surface area (Å²) in [7, 11) is 0. The number of anilines is 1. The summed E-state index contributed by atoms with van der Waals surface area (Å²) in [5, 5.41) is 0. The SMILES string of the molecule is CCC(C)Oc1cccc(N2CCCC(Br)C2=O)c1. The van der Waals surface area contributed by atoms with Gasteiger partial charge in [-0.25, -0.2) is 0 Å². The van der Waals surface area contributed by atoms with E-state index in [9.17, 15) is 4.79 Å². The molecule has 2 unspecified atom stereocenters. The first-order chi connectivity index (χ1) is 9.11. The van der Waals surface area contributed by atoms with Crippen molar-refractivity contribution in [2.75, 3.05) is 11.4 Å². The molecule has 0 aromatic heterocycles. The standard InChI is InChI=1S/C15H20BrNO2/c1-3-11(2)19-13-7-4-6-12(10-13)17-9-5-8-14(16)15(17)18/h4,6-7,10-11,14H,3,5,8-9H2,1-2H3. The van der Waals surface area contributed by atoms with Crippen LogP contribution in [0, 0.1) is 0 Å². The molecule has 1 aliphatic rings. The molecule has 104 valence electrons. The van der Waals surface area contributed by atoms with Crippen molar-refractivity contribution in [2.45, 2.75) is 44.0 Å². The minimum absolute atomic E-state index is 0.0552. The lowest BCUT2D eigenvalue weighted by Crippen LogP contribution is -2.41. The summed E-state index contributed by atoms with van der Waals surface area (Å²) < 4.78 is 5.81. The van der Waals surface area contributed by atoms with Crippen LogP contribution in [0.5, 0.6) is 5.75 Å². The van der Waals surface area contributed by atoms with Gasteiger partial charge in [-0.3, -0.25) is 4.79 Å². The number of hydrogen-bond acceptors (Lipinski definition) is 2. The Labute approximate surface area is 123 Å². The van der Waals surface area contributed by atoms with Gasteiger partial charge in [-0.2, -0.15) is 0 Å². The number of carbonyl (C=O) groups excluding carboxylic acids is 1. The third-order valence-electron chi connectivity index (χ3n) is 3.41. The molecule has 2 atom stereocenters. The van der Waals surface area contributed by atoms with Crippen LogP contribution in [0.15, 0.2) is 24.3 Å². The summed E-state index contributed by atoms with van der Waals surface area (Å²) in [4.78, 5) is 13.9. The zero-order valence-electron chi connectivity index (χ0n) is 11.4. The summed E-state index contributed by atoms with van der Waals surface area (Å²) in [5.74, 6) is 0.975. The summed E-state index contributed by atoms with van der Waals surface area (Å²) in [5.41, 5.74) is 0.926. The van der Waals surface area contributed by atoms with Crippen molar-refractivity contribution in [2.24, 2.45) is 0 Å². The molecule has 0 radical (unpaired) electrons. The van der Waals surface area contributed by atoms with Crippen molar-refractivity contribution in [3.05, 3.63) is 24.3 Å². The molecule has 1 saturated heterocycles. The van der Waals surface area contributed by atoms with Crippen LogP contribution in [-0.2, 0) is 4.79 Å². The third kappa shape index (κ3) is 3.50. The van der Waals surface area contributed by atoms with Crippen molar-refractivity contribution >= 4 is 27.5 Å². The van der Waals surface area contributed by atoms with Gasteiger partial charge in [0.15, 0.2) is 0 Å². The van der Waals surface area contributed by atoms with Gasteiger partial charge >= 0.3 is 0 Å². The normalized spacial score (nSPS) is 21.3. The molecular weight excluding hydrogens is 306 g/mol. The molecule has 1 aromatic rings. The maximum Gasteiger partial charge on any atom is 0.240 e. The van der Waals surface area contributed by atoms with Crippen molar-refractivity contribution in [3.8, 4) is 5.75 Å². The summed E-state index contributed by atoms with van der Waals surface area (Å²) >= 11 is 3.44. The molecule has 19 heavy (non-hydrogen) atoms. The van der Waals surface area contributed by atoms with Gasteiger partial charge in [0.1, 0.15) is 5.75 Å². The molecule has 1 fully saturated rings. The molecule has 4 heteroatoms. The van der Waals surface area contributed by atoms with Gasteiger partial charge in [-0.1, -0.05) is 28.9 Å². The smallest absolute Gasteiger partial charge is 0.240 e. The van der Waals surface area contributed by atoms with E-state index in [2.05, 4.69) is 22.9 Å². The summed E-state index contributed by atoms with van der Waals surface area (Å²) in [6.07, 6.45) is 3.10. The number of nitrogens with zero attached hydrogens (tertiary/aromatic N) is 1. The van der Waals surface area contributed by atoms with Gasteiger partial charge in [-0.05, 0) is 38.3 Å². The number of alkyl halides is 1. The number of piperidine rings is 1. The number of hydrogen-bond donors (Lipinski definition) is 0. The van der Waals surface area contributed by atoms with Crippen molar-refractivity contribution in [1.29, 1.82) is 0 Å². The van der Waals surface area contributed by atoms with Gasteiger partial charge in [0, 0.05) is 18.3 Å². The summed E-state index contributed by atoms with van der Waals surface area (Å²) in [6.45, 7) is 4.93. The monoisotopic (exact) mass is 325 g/mol. The fourth-order valence-corrected chi connectivity index (χ4v) is 2.70. The maximum absolute atomic E-state index is 12.2. The zero-order chi connectivity index (χ0) is 13.8. The predicted molar refractivity (Wildman–Crippen MR) is 81.1 cm³/mol. The lowest BCUT2D eigenvalue weighted by molar-refractivity contribution is -0.118. The van der Waals surface area contributed by atoms with Crippen molar-refractivity contribution in [3.63, 3.8) is 0 Å². The van der Waals surface area contributed by atoms with Gasteiger partial charge in [0.2, 0.25) is 5.91 Å². The highest BCUT2D eigenvalue weighted by Gasteiger charge is 2.27. The lowest BCUT2D eigenvalue weighted by Gasteiger charge is -2.30. The number of benzene rings is 1. The molecule has 3 nitrogen and oxygen atoms in total. The molecule has 1 aliphatic heterocycles. The second-order valence-corrected chi connectivity index (χ2v) is 6.04. The Morgan fingerprint density at radius 3 is 3.05 bits per heavy atom. The van der Waals surface area contributed by atoms with Crippen LogP contribution in [-0.4, -0.2) is 23.4 Å². The lowest BCUT2D eigenvalue weighted by atomic mass is 10.1. The number of ether oxygens (including phenoxy) is 1. The molecule has 0 N–H and O–H groups in total. The topological polar surface area (TPSA) is 29.5 Å². The van der Waals surface area contributed by atoms with Crippen LogP contribution in [0.3, 0.4) is 0 Å². The highest BCUT2D eigenvalue weighted by Crippen LogP contribution is 2.27. The van der Waals surface area contributed by atoms with Crippen molar-refractivity contribution in [1.82, 2.24) is 0 Å².